The number of nitrogens with two attached hydrogens (primary N) is 1. The largest absolute Gasteiger partial charge is 0.326 e. The number of hydrogen-bond acceptors (Lipinski definition) is 3. The predicted octanol–water partition coefficient (Wildman–Crippen LogP) is 0.468. The summed E-state index contributed by atoms with van der Waals surface area (Å²) in [5.74, 6) is 0.918. The number of rotatable bonds is 0. The van der Waals surface area contributed by atoms with Crippen LogP contribution in [0, 0.1) is 0 Å². The molecule has 50 valence electrons. The van der Waals surface area contributed by atoms with Crippen LogP contribution in [0.25, 0.3) is 0 Å². The summed E-state index contributed by atoms with van der Waals surface area (Å²) in [6, 6.07) is 0.0278. The van der Waals surface area contributed by atoms with Crippen molar-refractivity contribution >= 4 is 10.6 Å². The summed E-state index contributed by atoms with van der Waals surface area (Å²) in [7, 11) is -2.22. The van der Waals surface area contributed by atoms with Gasteiger partial charge in [0.15, 0.2) is 0 Å². The highest BCUT2D eigenvalue weighted by Gasteiger charge is 2.24. The molecule has 1 heterocycles. The third-order valence-corrected chi connectivity index (χ3v) is 3.15. The first-order chi connectivity index (χ1) is 3.60. The van der Waals surface area contributed by atoms with Gasteiger partial charge in [0.2, 0.25) is 0 Å². The van der Waals surface area contributed by atoms with Crippen molar-refractivity contribution in [1.29, 1.82) is 0 Å². The Morgan fingerprint density at radius 1 is 1.50 bits per heavy atom. The van der Waals surface area contributed by atoms with Gasteiger partial charge in [0.25, 0.3) is 0 Å². The van der Waals surface area contributed by atoms with Gasteiger partial charge in [-0.25, -0.2) is 0 Å². The van der Waals surface area contributed by atoms with Crippen molar-refractivity contribution in [1.82, 2.24) is 0 Å². The average molecular weight is 137 g/mol. The molecule has 0 unspecified atom stereocenters. The maximum Gasteiger partial charge on any atom is 0.0526 e. The van der Waals surface area contributed by atoms with Gasteiger partial charge in [-0.3, -0.25) is 9.11 Å². The molecule has 4 heteroatoms. The highest BCUT2D eigenvalue weighted by Crippen LogP contribution is 2.44. The molecule has 0 aliphatic carbocycles. The first-order valence-electron chi connectivity index (χ1n) is 2.59. The molecule has 1 aliphatic heterocycles. The lowest BCUT2D eigenvalue weighted by Gasteiger charge is -2.25. The van der Waals surface area contributed by atoms with Crippen molar-refractivity contribution < 1.29 is 9.11 Å². The van der Waals surface area contributed by atoms with E-state index in [0.29, 0.717) is 11.5 Å². The summed E-state index contributed by atoms with van der Waals surface area (Å²) < 4.78 is 17.8. The highest BCUT2D eigenvalue weighted by molar-refractivity contribution is 8.24. The Bertz CT molecular complexity index is 96.0. The molecule has 0 aromatic rings. The summed E-state index contributed by atoms with van der Waals surface area (Å²) in [5.41, 5.74) is 5.41. The van der Waals surface area contributed by atoms with E-state index >= 15 is 0 Å². The fraction of sp³-hybridized carbons (Fsp3) is 1.00. The summed E-state index contributed by atoms with van der Waals surface area (Å²) >= 11 is 0. The van der Waals surface area contributed by atoms with Crippen LogP contribution < -0.4 is 5.73 Å². The first kappa shape index (κ1) is 6.35. The molecule has 1 aliphatic rings. The van der Waals surface area contributed by atoms with Crippen molar-refractivity contribution in [2.45, 2.75) is 12.5 Å². The van der Waals surface area contributed by atoms with Crippen molar-refractivity contribution in [2.24, 2.45) is 5.73 Å². The van der Waals surface area contributed by atoms with Gasteiger partial charge in [-0.1, -0.05) is 0 Å². The monoisotopic (exact) mass is 137 g/mol. The SMILES string of the molecule is N[C@H]1CCS(O)(O)C1. The lowest BCUT2D eigenvalue weighted by Crippen LogP contribution is -2.19. The van der Waals surface area contributed by atoms with Gasteiger partial charge in [-0.2, -0.15) is 10.6 Å². The van der Waals surface area contributed by atoms with Crippen molar-refractivity contribution in [2.75, 3.05) is 11.5 Å². The number of hydrogen-bond donors (Lipinski definition) is 3. The Morgan fingerprint density at radius 2 is 2.12 bits per heavy atom. The second-order valence-corrected chi connectivity index (χ2v) is 4.57. The quantitative estimate of drug-likeness (QED) is 0.454. The van der Waals surface area contributed by atoms with Crippen LogP contribution in [-0.2, 0) is 0 Å². The van der Waals surface area contributed by atoms with Gasteiger partial charge >= 0.3 is 0 Å². The minimum atomic E-state index is -2.22. The van der Waals surface area contributed by atoms with Gasteiger partial charge in [0, 0.05) is 11.8 Å². The molecule has 0 amide bonds. The van der Waals surface area contributed by atoms with Crippen molar-refractivity contribution in [3.8, 4) is 0 Å². The minimum Gasteiger partial charge on any atom is -0.326 e. The van der Waals surface area contributed by atoms with Crippen LogP contribution in [0.2, 0.25) is 0 Å². The first-order valence-corrected chi connectivity index (χ1v) is 4.48. The molecule has 0 spiro atoms. The van der Waals surface area contributed by atoms with E-state index in [2.05, 4.69) is 0 Å². The Morgan fingerprint density at radius 3 is 2.25 bits per heavy atom. The Labute approximate surface area is 50.2 Å². The Hall–Kier alpha value is 0.230. The maximum absolute atomic E-state index is 8.92. The summed E-state index contributed by atoms with van der Waals surface area (Å²) in [5, 5.41) is 0. The van der Waals surface area contributed by atoms with Crippen LogP contribution in [-0.4, -0.2) is 26.7 Å². The lowest BCUT2D eigenvalue weighted by molar-refractivity contribution is 0.494. The normalized spacial score (nSPS) is 39.6. The Balaban J connectivity index is 2.44. The van der Waals surface area contributed by atoms with Crippen LogP contribution in [0.4, 0.5) is 0 Å². The van der Waals surface area contributed by atoms with Gasteiger partial charge in [0.1, 0.15) is 0 Å². The molecule has 3 nitrogen and oxygen atoms in total. The van der Waals surface area contributed by atoms with Gasteiger partial charge in [0.05, 0.1) is 5.75 Å². The third kappa shape index (κ3) is 1.35. The fourth-order valence-electron chi connectivity index (χ4n) is 0.850. The molecule has 0 bridgehead atoms. The molecule has 8 heavy (non-hydrogen) atoms. The van der Waals surface area contributed by atoms with E-state index in [9.17, 15) is 0 Å². The van der Waals surface area contributed by atoms with Crippen LogP contribution in [0.5, 0.6) is 0 Å². The van der Waals surface area contributed by atoms with E-state index in [1.165, 1.54) is 0 Å². The second kappa shape index (κ2) is 1.88. The molecule has 0 aromatic heterocycles. The molecule has 1 rings (SSSR count). The average Bonchev–Trinajstić information content (AvgIpc) is 1.82. The lowest BCUT2D eigenvalue weighted by atomic mass is 10.3. The predicted molar refractivity (Wildman–Crippen MR) is 35.2 cm³/mol. The smallest absolute Gasteiger partial charge is 0.0526 e. The van der Waals surface area contributed by atoms with E-state index in [-0.39, 0.29) is 6.04 Å². The molecular formula is C4H11NO2S. The van der Waals surface area contributed by atoms with Gasteiger partial charge in [-0.15, -0.1) is 0 Å². The van der Waals surface area contributed by atoms with Crippen molar-refractivity contribution in [3.63, 3.8) is 0 Å². The molecule has 0 radical (unpaired) electrons. The van der Waals surface area contributed by atoms with E-state index < -0.39 is 10.6 Å². The zero-order valence-electron chi connectivity index (χ0n) is 4.58. The van der Waals surface area contributed by atoms with E-state index in [4.69, 9.17) is 14.8 Å². The summed E-state index contributed by atoms with van der Waals surface area (Å²) in [4.78, 5) is 0. The van der Waals surface area contributed by atoms with E-state index in [1.807, 2.05) is 0 Å². The van der Waals surface area contributed by atoms with Gasteiger partial charge < -0.3 is 5.73 Å². The maximum atomic E-state index is 8.92. The van der Waals surface area contributed by atoms with E-state index in [1.54, 1.807) is 0 Å². The highest BCUT2D eigenvalue weighted by atomic mass is 32.3. The molecule has 0 saturated carbocycles. The van der Waals surface area contributed by atoms with Gasteiger partial charge in [-0.05, 0) is 6.42 Å². The molecule has 4 N–H and O–H groups in total. The molecule has 1 atom stereocenters. The van der Waals surface area contributed by atoms with Crippen LogP contribution in [0.15, 0.2) is 0 Å². The molecular weight excluding hydrogens is 126 g/mol. The fourth-order valence-corrected chi connectivity index (χ4v) is 2.55. The zero-order valence-corrected chi connectivity index (χ0v) is 5.40. The Kier molecular flexibility index (Phi) is 1.49. The molecule has 1 saturated heterocycles. The zero-order chi connectivity index (χ0) is 6.20. The second-order valence-electron chi connectivity index (χ2n) is 2.22. The minimum absolute atomic E-state index is 0.0278. The van der Waals surface area contributed by atoms with Crippen molar-refractivity contribution in [3.05, 3.63) is 0 Å². The van der Waals surface area contributed by atoms with Crippen LogP contribution in [0.3, 0.4) is 0 Å². The topological polar surface area (TPSA) is 66.5 Å². The summed E-state index contributed by atoms with van der Waals surface area (Å²) in [6.45, 7) is 0. The van der Waals surface area contributed by atoms with Crippen LogP contribution >= 0.6 is 10.6 Å². The standard InChI is InChI=1S/C4H11NO2S/c5-4-1-2-8(6,7)3-4/h4,6-7H,1-3,5H2/t4-/m0/s1. The summed E-state index contributed by atoms with van der Waals surface area (Å²) in [6.07, 6.45) is 0.766. The van der Waals surface area contributed by atoms with E-state index in [0.717, 1.165) is 6.42 Å². The third-order valence-electron chi connectivity index (χ3n) is 1.30. The molecule has 1 fully saturated rings. The van der Waals surface area contributed by atoms with Crippen LogP contribution in [0.1, 0.15) is 6.42 Å². The molecule has 0 aromatic carbocycles.